The standard InChI is InChI=1S/C48H54F2N8O12/c49-32-24-30(25-33(50)28-32)29-52-46(64)48(66)8-10-57(47(48)65)34-4-5-36-31(26-34)27-38(53-36)44(62)56-13-11-55(12-14-56)15-17-68-19-21-70-23-22-69-20-18-67-16-9-51-37-3-1-2-35-41(37)45(63)58(43(35)61)39-6-7-40(59)54-42(39)60/h1-5,24-28,39,51,53,66H,6-23,29H2,(H,52,64)(H,54,59,60). The highest BCUT2D eigenvalue weighted by molar-refractivity contribution is 6.25. The van der Waals surface area contributed by atoms with Gasteiger partial charge in [0, 0.05) is 93.5 Å². The van der Waals surface area contributed by atoms with Gasteiger partial charge in [0.2, 0.25) is 17.4 Å². The first kappa shape index (κ1) is 49.7. The molecule has 0 saturated carbocycles. The number of carbonyl (C=O) groups excluding carboxylic acids is 7. The molecule has 1 aromatic heterocycles. The second-order valence-electron chi connectivity index (χ2n) is 17.2. The Hall–Kier alpha value is -6.69. The summed E-state index contributed by atoms with van der Waals surface area (Å²) in [7, 11) is 0. The third-order valence-corrected chi connectivity index (χ3v) is 12.6. The summed E-state index contributed by atoms with van der Waals surface area (Å²) in [5.41, 5.74) is 0.120. The average Bonchev–Trinajstić information content (AvgIpc) is 3.99. The molecule has 5 heterocycles. The molecule has 3 aromatic carbocycles. The number of piperazine rings is 1. The Kier molecular flexibility index (Phi) is 15.9. The van der Waals surface area contributed by atoms with E-state index in [9.17, 15) is 47.4 Å². The largest absolute Gasteiger partial charge is 0.382 e. The summed E-state index contributed by atoms with van der Waals surface area (Å²) in [5.74, 6) is -5.83. The van der Waals surface area contributed by atoms with Crippen molar-refractivity contribution in [2.24, 2.45) is 0 Å². The molecule has 4 aliphatic rings. The number of nitrogens with one attached hydrogen (secondary N) is 4. The van der Waals surface area contributed by atoms with Crippen molar-refractivity contribution in [2.45, 2.75) is 37.5 Å². The number of piperidine rings is 1. The molecule has 22 heteroatoms. The fourth-order valence-corrected chi connectivity index (χ4v) is 8.83. The number of anilines is 2. The Balaban J connectivity index is 0.651. The molecule has 20 nitrogen and oxygen atoms in total. The molecule has 3 saturated heterocycles. The van der Waals surface area contributed by atoms with Crippen LogP contribution < -0.4 is 20.9 Å². The molecule has 2 unspecified atom stereocenters. The van der Waals surface area contributed by atoms with Crippen molar-refractivity contribution in [1.82, 2.24) is 30.3 Å². The monoisotopic (exact) mass is 972 g/mol. The van der Waals surface area contributed by atoms with Gasteiger partial charge in [-0.1, -0.05) is 6.07 Å². The minimum atomic E-state index is -2.36. The molecule has 0 spiro atoms. The number of rotatable bonds is 22. The Bertz CT molecular complexity index is 2620. The molecule has 70 heavy (non-hydrogen) atoms. The van der Waals surface area contributed by atoms with E-state index in [0.29, 0.717) is 126 Å². The maximum absolute atomic E-state index is 13.6. The van der Waals surface area contributed by atoms with E-state index in [1.54, 1.807) is 41.3 Å². The van der Waals surface area contributed by atoms with Crippen molar-refractivity contribution in [3.8, 4) is 0 Å². The lowest BCUT2D eigenvalue weighted by Crippen LogP contribution is -2.54. The average molecular weight is 973 g/mol. The van der Waals surface area contributed by atoms with E-state index in [-0.39, 0.29) is 54.9 Å². The van der Waals surface area contributed by atoms with Gasteiger partial charge in [0.25, 0.3) is 29.5 Å². The Morgan fingerprint density at radius 1 is 0.786 bits per heavy atom. The molecular formula is C48H54F2N8O12. The summed E-state index contributed by atoms with van der Waals surface area (Å²) in [6, 6.07) is 13.4. The fourth-order valence-electron chi connectivity index (χ4n) is 8.83. The molecular weight excluding hydrogens is 919 g/mol. The van der Waals surface area contributed by atoms with E-state index >= 15 is 0 Å². The van der Waals surface area contributed by atoms with E-state index in [1.165, 1.54) is 11.0 Å². The van der Waals surface area contributed by atoms with Crippen molar-refractivity contribution in [1.29, 1.82) is 0 Å². The van der Waals surface area contributed by atoms with Gasteiger partial charge < -0.3 is 49.5 Å². The normalized spacial score (nSPS) is 19.6. The zero-order valence-corrected chi connectivity index (χ0v) is 38.3. The molecule has 0 radical (unpaired) electrons. The number of halogens is 2. The number of aliphatic hydroxyl groups is 1. The number of amides is 7. The van der Waals surface area contributed by atoms with Gasteiger partial charge in [-0.15, -0.1) is 0 Å². The minimum Gasteiger partial charge on any atom is -0.382 e. The number of hydrogen-bond donors (Lipinski definition) is 5. The molecule has 4 aromatic rings. The lowest BCUT2D eigenvalue weighted by molar-refractivity contribution is -0.149. The van der Waals surface area contributed by atoms with E-state index in [4.69, 9.17) is 18.9 Å². The number of benzene rings is 3. The van der Waals surface area contributed by atoms with Crippen molar-refractivity contribution in [2.75, 3.05) is 109 Å². The van der Waals surface area contributed by atoms with Crippen LogP contribution in [0.5, 0.6) is 0 Å². The number of fused-ring (bicyclic) bond motifs is 2. The first-order valence-corrected chi connectivity index (χ1v) is 23.1. The smallest absolute Gasteiger partial charge is 0.270 e. The summed E-state index contributed by atoms with van der Waals surface area (Å²) >= 11 is 0. The number of nitrogens with zero attached hydrogens (tertiary/aromatic N) is 4. The predicted octanol–water partition coefficient (Wildman–Crippen LogP) is 1.57. The number of H-pyrrole nitrogens is 1. The van der Waals surface area contributed by atoms with E-state index in [1.807, 2.05) is 0 Å². The van der Waals surface area contributed by atoms with Crippen LogP contribution in [0, 0.1) is 11.6 Å². The second-order valence-corrected chi connectivity index (χ2v) is 17.2. The maximum Gasteiger partial charge on any atom is 0.270 e. The van der Waals surface area contributed by atoms with Gasteiger partial charge in [0.1, 0.15) is 23.4 Å². The van der Waals surface area contributed by atoms with E-state index in [0.717, 1.165) is 17.0 Å². The van der Waals surface area contributed by atoms with E-state index < -0.39 is 58.7 Å². The third-order valence-electron chi connectivity index (χ3n) is 12.6. The Morgan fingerprint density at radius 3 is 2.17 bits per heavy atom. The Labute approximate surface area is 400 Å². The van der Waals surface area contributed by atoms with Crippen molar-refractivity contribution < 1.29 is 66.4 Å². The summed E-state index contributed by atoms with van der Waals surface area (Å²) in [6.07, 6.45) is -0.0577. The lowest BCUT2D eigenvalue weighted by atomic mass is 10.0. The van der Waals surface area contributed by atoms with E-state index in [2.05, 4.69) is 25.8 Å². The number of hydrogen-bond acceptors (Lipinski definition) is 14. The summed E-state index contributed by atoms with van der Waals surface area (Å²) in [4.78, 5) is 99.3. The molecule has 2 atom stereocenters. The van der Waals surface area contributed by atoms with Crippen molar-refractivity contribution in [3.05, 3.63) is 94.7 Å². The molecule has 5 N–H and O–H groups in total. The molecule has 8 rings (SSSR count). The molecule has 372 valence electrons. The van der Waals surface area contributed by atoms with Crippen LogP contribution in [0.15, 0.2) is 60.7 Å². The van der Waals surface area contributed by atoms with Crippen molar-refractivity contribution >= 4 is 63.6 Å². The highest BCUT2D eigenvalue weighted by Gasteiger charge is 2.52. The van der Waals surface area contributed by atoms with Gasteiger partial charge >= 0.3 is 0 Å². The predicted molar refractivity (Wildman–Crippen MR) is 246 cm³/mol. The van der Waals surface area contributed by atoms with Gasteiger partial charge in [-0.3, -0.25) is 48.7 Å². The molecule has 3 fully saturated rings. The zero-order chi connectivity index (χ0) is 49.4. The number of aromatic nitrogens is 1. The number of imide groups is 2. The zero-order valence-electron chi connectivity index (χ0n) is 38.3. The highest BCUT2D eigenvalue weighted by atomic mass is 19.1. The van der Waals surface area contributed by atoms with Crippen molar-refractivity contribution in [3.63, 3.8) is 0 Å². The molecule has 7 amide bonds. The van der Waals surface area contributed by atoms with Crippen LogP contribution in [0.4, 0.5) is 20.2 Å². The number of ether oxygens (including phenoxy) is 4. The number of carbonyl (C=O) groups is 7. The van der Waals surface area contributed by atoms with Gasteiger partial charge in [-0.25, -0.2) is 8.78 Å². The number of aromatic amines is 1. The topological polar surface area (TPSA) is 241 Å². The van der Waals surface area contributed by atoms with Gasteiger partial charge in [-0.05, 0) is 60.5 Å². The summed E-state index contributed by atoms with van der Waals surface area (Å²) < 4.78 is 49.7. The lowest BCUT2D eigenvalue weighted by Gasteiger charge is -2.34. The fraction of sp³-hybridized carbons (Fsp3) is 0.438. The molecule has 0 aliphatic carbocycles. The SMILES string of the molecule is O=C1CCC(N2C(=O)c3cccc(NCCOCCOCCOCCOCCN4CCN(C(=O)c5cc6cc(N7CCC(O)(C(=O)NCc8cc(F)cc(F)c8)C7=O)ccc6[nH]5)CC4)c3C2=O)C(=O)N1. The van der Waals surface area contributed by atoms with Crippen LogP contribution in [0.2, 0.25) is 0 Å². The van der Waals surface area contributed by atoms with Crippen LogP contribution >= 0.6 is 0 Å². The van der Waals surface area contributed by atoms with Crippen LogP contribution in [0.25, 0.3) is 10.9 Å². The maximum atomic E-state index is 13.6. The van der Waals surface area contributed by atoms with Crippen LogP contribution in [0.1, 0.15) is 56.0 Å². The summed E-state index contributed by atoms with van der Waals surface area (Å²) in [5, 5.41) is 19.5. The third kappa shape index (κ3) is 11.3. The quantitative estimate of drug-likeness (QED) is 0.0427. The first-order chi connectivity index (χ1) is 33.8. The van der Waals surface area contributed by atoms with Gasteiger partial charge in [0.05, 0.1) is 64.0 Å². The molecule has 0 bridgehead atoms. The van der Waals surface area contributed by atoms with Gasteiger partial charge in [-0.2, -0.15) is 0 Å². The Morgan fingerprint density at radius 2 is 1.47 bits per heavy atom. The van der Waals surface area contributed by atoms with Gasteiger partial charge in [0.15, 0.2) is 0 Å². The van der Waals surface area contributed by atoms with Crippen LogP contribution in [0.3, 0.4) is 0 Å². The second kappa shape index (κ2) is 22.4. The highest BCUT2D eigenvalue weighted by Crippen LogP contribution is 2.33. The first-order valence-electron chi connectivity index (χ1n) is 23.1. The van der Waals surface area contributed by atoms with Crippen LogP contribution in [-0.4, -0.2) is 176 Å². The van der Waals surface area contributed by atoms with Crippen LogP contribution in [-0.2, 0) is 44.7 Å². The minimum absolute atomic E-state index is 0.0465. The summed E-state index contributed by atoms with van der Waals surface area (Å²) in [6.45, 7) is 6.30. The molecule has 4 aliphatic heterocycles.